The average Bonchev–Trinajstić information content (AvgIpc) is 2.64. The van der Waals surface area contributed by atoms with Crippen LogP contribution in [0.1, 0.15) is 39.9 Å². The van der Waals surface area contributed by atoms with Gasteiger partial charge in [-0.3, -0.25) is 14.4 Å². The second-order valence-corrected chi connectivity index (χ2v) is 6.44. The first kappa shape index (κ1) is 18.5. The zero-order valence-electron chi connectivity index (χ0n) is 14.7. The number of carboxylic acid groups (broad SMARTS) is 1. The number of aliphatic carboxylic acids is 1. The number of aryl methyl sites for hydroxylation is 1. The lowest BCUT2D eigenvalue weighted by atomic mass is 9.85. The van der Waals surface area contributed by atoms with E-state index in [-0.39, 0.29) is 5.78 Å². The molecule has 2 aromatic rings. The number of carbonyl (C=O) groups is 3. The maximum Gasteiger partial charge on any atom is 0.312 e. The number of carboxylic acids is 1. The molecular weight excluding hydrogens is 344 g/mol. The van der Waals surface area contributed by atoms with E-state index in [0.717, 1.165) is 23.1 Å². The van der Waals surface area contributed by atoms with Crippen molar-refractivity contribution < 1.29 is 19.5 Å². The van der Waals surface area contributed by atoms with E-state index in [4.69, 9.17) is 10.8 Å². The summed E-state index contributed by atoms with van der Waals surface area (Å²) in [6, 6.07) is 12.8. The number of benzene rings is 2. The van der Waals surface area contributed by atoms with Crippen molar-refractivity contribution in [3.63, 3.8) is 0 Å². The second kappa shape index (κ2) is 7.97. The van der Waals surface area contributed by atoms with E-state index in [0.29, 0.717) is 29.8 Å². The number of nitrogens with one attached hydrogen (secondary N) is 1. The fourth-order valence-electron chi connectivity index (χ4n) is 3.07. The fourth-order valence-corrected chi connectivity index (χ4v) is 3.07. The van der Waals surface area contributed by atoms with Crippen molar-refractivity contribution in [2.45, 2.75) is 25.8 Å². The SMILES string of the molecule is NCc1ccc(/C=C2\CCc3ccc(NC(=O)CC(=O)O)cc3C2=O)cc1. The highest BCUT2D eigenvalue weighted by Crippen LogP contribution is 2.29. The van der Waals surface area contributed by atoms with Crippen LogP contribution in [0.15, 0.2) is 48.0 Å². The molecule has 138 valence electrons. The number of allylic oxidation sites excluding steroid dienone is 1. The van der Waals surface area contributed by atoms with E-state index >= 15 is 0 Å². The largest absolute Gasteiger partial charge is 0.481 e. The molecule has 0 bridgehead atoms. The van der Waals surface area contributed by atoms with Crippen LogP contribution in [0.5, 0.6) is 0 Å². The molecule has 1 aliphatic rings. The highest BCUT2D eigenvalue weighted by atomic mass is 16.4. The smallest absolute Gasteiger partial charge is 0.312 e. The number of Topliss-reactive ketones (excluding diaryl/α,β-unsaturated/α-hetero) is 1. The summed E-state index contributed by atoms with van der Waals surface area (Å²) in [6.45, 7) is 0.472. The van der Waals surface area contributed by atoms with Gasteiger partial charge in [-0.05, 0) is 47.7 Å². The molecule has 0 fully saturated rings. The van der Waals surface area contributed by atoms with Gasteiger partial charge in [0, 0.05) is 23.4 Å². The number of amides is 1. The molecule has 6 heteroatoms. The third-order valence-corrected chi connectivity index (χ3v) is 4.46. The first-order valence-electron chi connectivity index (χ1n) is 8.65. The molecule has 3 rings (SSSR count). The van der Waals surface area contributed by atoms with Gasteiger partial charge in [-0.15, -0.1) is 0 Å². The Morgan fingerprint density at radius 1 is 1.11 bits per heavy atom. The van der Waals surface area contributed by atoms with Gasteiger partial charge in [0.1, 0.15) is 6.42 Å². The standard InChI is InChI=1S/C21H20N2O4/c22-12-14-3-1-13(2-4-14)9-16-6-5-15-7-8-17(10-18(15)21(16)27)23-19(24)11-20(25)26/h1-4,7-10H,5-6,11-12,22H2,(H,23,24)(H,25,26)/b16-9+. The summed E-state index contributed by atoms with van der Waals surface area (Å²) < 4.78 is 0. The van der Waals surface area contributed by atoms with E-state index in [1.165, 1.54) is 0 Å². The third-order valence-electron chi connectivity index (χ3n) is 4.46. The summed E-state index contributed by atoms with van der Waals surface area (Å²) in [4.78, 5) is 35.1. The Kier molecular flexibility index (Phi) is 5.47. The molecule has 0 atom stereocenters. The number of hydrogen-bond acceptors (Lipinski definition) is 4. The Morgan fingerprint density at radius 2 is 1.85 bits per heavy atom. The van der Waals surface area contributed by atoms with Crippen LogP contribution in [0.2, 0.25) is 0 Å². The first-order valence-corrected chi connectivity index (χ1v) is 8.65. The zero-order valence-corrected chi connectivity index (χ0v) is 14.7. The van der Waals surface area contributed by atoms with Crippen molar-refractivity contribution in [2.75, 3.05) is 5.32 Å². The summed E-state index contributed by atoms with van der Waals surface area (Å²) in [5.41, 5.74) is 10.2. The highest BCUT2D eigenvalue weighted by Gasteiger charge is 2.22. The molecule has 0 aromatic heterocycles. The number of fused-ring (bicyclic) bond motifs is 1. The van der Waals surface area contributed by atoms with Gasteiger partial charge < -0.3 is 16.2 Å². The molecule has 2 aromatic carbocycles. The monoisotopic (exact) mass is 364 g/mol. The predicted octanol–water partition coefficient (Wildman–Crippen LogP) is 2.77. The maximum absolute atomic E-state index is 12.9. The van der Waals surface area contributed by atoms with Gasteiger partial charge in [0.2, 0.25) is 5.91 Å². The van der Waals surface area contributed by atoms with Crippen LogP contribution in [-0.2, 0) is 22.6 Å². The Hall–Kier alpha value is -3.25. The van der Waals surface area contributed by atoms with Gasteiger partial charge in [0.15, 0.2) is 5.78 Å². The third kappa shape index (κ3) is 4.48. The van der Waals surface area contributed by atoms with Crippen LogP contribution in [0.4, 0.5) is 5.69 Å². The van der Waals surface area contributed by atoms with Crippen molar-refractivity contribution in [2.24, 2.45) is 5.73 Å². The van der Waals surface area contributed by atoms with Gasteiger partial charge in [0.05, 0.1) is 0 Å². The van der Waals surface area contributed by atoms with E-state index < -0.39 is 18.3 Å². The second-order valence-electron chi connectivity index (χ2n) is 6.44. The Labute approximate surface area is 156 Å². The molecule has 4 N–H and O–H groups in total. The van der Waals surface area contributed by atoms with Crippen LogP contribution in [0.25, 0.3) is 6.08 Å². The van der Waals surface area contributed by atoms with Crippen molar-refractivity contribution in [3.8, 4) is 0 Å². The number of rotatable bonds is 5. The number of anilines is 1. The van der Waals surface area contributed by atoms with Crippen LogP contribution in [0.3, 0.4) is 0 Å². The van der Waals surface area contributed by atoms with Crippen LogP contribution < -0.4 is 11.1 Å². The summed E-state index contributed by atoms with van der Waals surface area (Å²) >= 11 is 0. The van der Waals surface area contributed by atoms with Gasteiger partial charge in [-0.2, -0.15) is 0 Å². The molecule has 0 aliphatic heterocycles. The number of nitrogens with two attached hydrogens (primary N) is 1. The Bertz CT molecular complexity index is 930. The van der Waals surface area contributed by atoms with Gasteiger partial charge in [-0.1, -0.05) is 30.3 Å². The molecule has 1 aliphatic carbocycles. The summed E-state index contributed by atoms with van der Waals surface area (Å²) in [6.07, 6.45) is 2.64. The molecule has 0 saturated heterocycles. The number of hydrogen-bond donors (Lipinski definition) is 3. The summed E-state index contributed by atoms with van der Waals surface area (Å²) in [5, 5.41) is 11.2. The lowest BCUT2D eigenvalue weighted by Crippen LogP contribution is -2.18. The van der Waals surface area contributed by atoms with Crippen molar-refractivity contribution >= 4 is 29.4 Å². The number of ketones is 1. The van der Waals surface area contributed by atoms with Crippen molar-refractivity contribution in [1.82, 2.24) is 0 Å². The van der Waals surface area contributed by atoms with Crippen LogP contribution in [-0.4, -0.2) is 22.8 Å². The molecule has 0 heterocycles. The van der Waals surface area contributed by atoms with E-state index in [9.17, 15) is 14.4 Å². The van der Waals surface area contributed by atoms with Crippen LogP contribution in [0, 0.1) is 0 Å². The molecule has 0 saturated carbocycles. The molecule has 0 unspecified atom stereocenters. The van der Waals surface area contributed by atoms with E-state index in [1.807, 2.05) is 30.3 Å². The minimum absolute atomic E-state index is 0.0755. The normalized spacial score (nSPS) is 14.7. The van der Waals surface area contributed by atoms with Gasteiger partial charge in [0.25, 0.3) is 0 Å². The lowest BCUT2D eigenvalue weighted by Gasteiger charge is -2.19. The minimum atomic E-state index is -1.20. The average molecular weight is 364 g/mol. The molecule has 27 heavy (non-hydrogen) atoms. The van der Waals surface area contributed by atoms with Gasteiger partial charge >= 0.3 is 5.97 Å². The minimum Gasteiger partial charge on any atom is -0.481 e. The fraction of sp³-hybridized carbons (Fsp3) is 0.190. The molecule has 0 radical (unpaired) electrons. The predicted molar refractivity (Wildman–Crippen MR) is 102 cm³/mol. The topological polar surface area (TPSA) is 109 Å². The summed E-state index contributed by atoms with van der Waals surface area (Å²) in [7, 11) is 0. The first-order chi connectivity index (χ1) is 13.0. The van der Waals surface area contributed by atoms with E-state index in [1.54, 1.807) is 18.2 Å². The van der Waals surface area contributed by atoms with Crippen molar-refractivity contribution in [3.05, 3.63) is 70.3 Å². The quantitative estimate of drug-likeness (QED) is 0.558. The lowest BCUT2D eigenvalue weighted by molar-refractivity contribution is -0.139. The molecule has 1 amide bonds. The Morgan fingerprint density at radius 3 is 2.52 bits per heavy atom. The van der Waals surface area contributed by atoms with Crippen molar-refractivity contribution in [1.29, 1.82) is 0 Å². The van der Waals surface area contributed by atoms with Gasteiger partial charge in [-0.25, -0.2) is 0 Å². The van der Waals surface area contributed by atoms with Crippen LogP contribution >= 0.6 is 0 Å². The molecule has 0 spiro atoms. The zero-order chi connectivity index (χ0) is 19.4. The summed E-state index contributed by atoms with van der Waals surface area (Å²) in [5.74, 6) is -1.90. The Balaban J connectivity index is 1.82. The number of carbonyl (C=O) groups excluding carboxylic acids is 2. The molecular formula is C21H20N2O4. The highest BCUT2D eigenvalue weighted by molar-refractivity contribution is 6.14. The maximum atomic E-state index is 12.9. The molecule has 6 nitrogen and oxygen atoms in total. The van der Waals surface area contributed by atoms with E-state index in [2.05, 4.69) is 5.32 Å².